The maximum absolute atomic E-state index is 14.6. The molecule has 0 saturated carbocycles. The van der Waals surface area contributed by atoms with Crippen molar-refractivity contribution in [1.29, 1.82) is 0 Å². The monoisotopic (exact) mass is 592 g/mol. The van der Waals surface area contributed by atoms with E-state index in [2.05, 4.69) is 29.6 Å². The number of pyridine rings is 2. The molecule has 0 radical (unpaired) electrons. The number of ether oxygens (including phenoxy) is 3. The van der Waals surface area contributed by atoms with Crippen molar-refractivity contribution in [3.63, 3.8) is 0 Å². The van der Waals surface area contributed by atoms with Crippen molar-refractivity contribution >= 4 is 25.2 Å². The van der Waals surface area contributed by atoms with Gasteiger partial charge in [-0.25, -0.2) is 9.18 Å². The van der Waals surface area contributed by atoms with E-state index in [1.54, 1.807) is 19.4 Å². The molecular weight excluding hydrogens is 551 g/mol. The standard InChI is InChI=1S/C32H41FN4O4Si/c1-32(2,3)41-31(38)36(4)15-16-40-27-21-34-14-13-25(27)30-28(23-11-9-8-10-12-23)29-26(19-24(33)20-35-29)37(30)22-39-17-18-42(5,6)7/h8-14,19-21H,15-18,22H2,1-7H3. The van der Waals surface area contributed by atoms with E-state index in [1.165, 1.54) is 17.2 Å². The molecule has 1 aromatic carbocycles. The van der Waals surface area contributed by atoms with Crippen LogP contribution in [0.15, 0.2) is 61.1 Å². The summed E-state index contributed by atoms with van der Waals surface area (Å²) < 4.78 is 34.5. The number of halogens is 1. The van der Waals surface area contributed by atoms with Gasteiger partial charge in [-0.1, -0.05) is 50.0 Å². The molecule has 3 aromatic heterocycles. The summed E-state index contributed by atoms with van der Waals surface area (Å²) in [6.07, 6.45) is 4.17. The van der Waals surface area contributed by atoms with Gasteiger partial charge in [-0.3, -0.25) is 9.97 Å². The van der Waals surface area contributed by atoms with Gasteiger partial charge in [-0.2, -0.15) is 0 Å². The van der Waals surface area contributed by atoms with Crippen molar-refractivity contribution in [2.75, 3.05) is 26.8 Å². The van der Waals surface area contributed by atoms with E-state index in [4.69, 9.17) is 14.2 Å². The van der Waals surface area contributed by atoms with E-state index < -0.39 is 25.6 Å². The van der Waals surface area contributed by atoms with Gasteiger partial charge in [0.25, 0.3) is 0 Å². The Hall–Kier alpha value is -3.76. The first-order valence-electron chi connectivity index (χ1n) is 14.2. The fraction of sp³-hybridized carbons (Fsp3) is 0.406. The lowest BCUT2D eigenvalue weighted by molar-refractivity contribution is 0.0278. The van der Waals surface area contributed by atoms with Crippen LogP contribution in [0.5, 0.6) is 5.75 Å². The van der Waals surface area contributed by atoms with E-state index in [-0.39, 0.29) is 13.3 Å². The Morgan fingerprint density at radius 2 is 1.81 bits per heavy atom. The lowest BCUT2D eigenvalue weighted by atomic mass is 10.0. The predicted octanol–water partition coefficient (Wildman–Crippen LogP) is 7.46. The first-order chi connectivity index (χ1) is 19.8. The fourth-order valence-corrected chi connectivity index (χ4v) is 5.19. The summed E-state index contributed by atoms with van der Waals surface area (Å²) >= 11 is 0. The summed E-state index contributed by atoms with van der Waals surface area (Å²) in [4.78, 5) is 22.8. The molecule has 0 saturated heterocycles. The third-order valence-electron chi connectivity index (χ3n) is 6.58. The summed E-state index contributed by atoms with van der Waals surface area (Å²) in [6, 6.07) is 14.3. The summed E-state index contributed by atoms with van der Waals surface area (Å²) in [7, 11) is 0.362. The second-order valence-electron chi connectivity index (χ2n) is 12.5. The third-order valence-corrected chi connectivity index (χ3v) is 8.28. The van der Waals surface area contributed by atoms with Crippen molar-refractivity contribution in [3.05, 3.63) is 66.9 Å². The van der Waals surface area contributed by atoms with E-state index in [0.717, 1.165) is 28.4 Å². The van der Waals surface area contributed by atoms with Crippen molar-refractivity contribution in [2.24, 2.45) is 0 Å². The molecular formula is C32H41FN4O4Si. The number of rotatable bonds is 11. The van der Waals surface area contributed by atoms with Crippen LogP contribution in [0.3, 0.4) is 0 Å². The molecule has 224 valence electrons. The number of likely N-dealkylation sites (N-methyl/N-ethyl adjacent to an activating group) is 1. The Balaban J connectivity index is 1.75. The van der Waals surface area contributed by atoms with Gasteiger partial charge in [0, 0.05) is 45.1 Å². The molecule has 1 amide bonds. The maximum atomic E-state index is 14.6. The summed E-state index contributed by atoms with van der Waals surface area (Å²) in [6.45, 7) is 13.8. The fourth-order valence-electron chi connectivity index (χ4n) is 4.44. The van der Waals surface area contributed by atoms with Gasteiger partial charge < -0.3 is 23.7 Å². The average molecular weight is 593 g/mol. The molecule has 3 heterocycles. The van der Waals surface area contributed by atoms with E-state index >= 15 is 0 Å². The predicted molar refractivity (Wildman–Crippen MR) is 167 cm³/mol. The van der Waals surface area contributed by atoms with Gasteiger partial charge in [-0.05, 0) is 38.4 Å². The molecule has 0 spiro atoms. The lowest BCUT2D eigenvalue weighted by Crippen LogP contribution is -2.36. The largest absolute Gasteiger partial charge is 0.489 e. The number of hydrogen-bond donors (Lipinski definition) is 0. The number of hydrogen-bond acceptors (Lipinski definition) is 6. The van der Waals surface area contributed by atoms with Gasteiger partial charge in [0.2, 0.25) is 0 Å². The number of amides is 1. The minimum absolute atomic E-state index is 0.217. The Morgan fingerprint density at radius 1 is 1.07 bits per heavy atom. The van der Waals surface area contributed by atoms with Gasteiger partial charge in [0.1, 0.15) is 30.5 Å². The van der Waals surface area contributed by atoms with Crippen LogP contribution in [0.1, 0.15) is 20.8 Å². The number of nitrogens with zero attached hydrogens (tertiary/aromatic N) is 4. The van der Waals surface area contributed by atoms with Crippen LogP contribution in [0, 0.1) is 5.82 Å². The highest BCUT2D eigenvalue weighted by Gasteiger charge is 2.25. The van der Waals surface area contributed by atoms with Crippen LogP contribution in [-0.2, 0) is 16.2 Å². The van der Waals surface area contributed by atoms with Crippen LogP contribution < -0.4 is 4.74 Å². The van der Waals surface area contributed by atoms with Crippen LogP contribution in [0.25, 0.3) is 33.4 Å². The maximum Gasteiger partial charge on any atom is 0.410 e. The molecule has 10 heteroatoms. The van der Waals surface area contributed by atoms with Crippen LogP contribution in [-0.4, -0.2) is 66.0 Å². The van der Waals surface area contributed by atoms with Crippen molar-refractivity contribution in [1.82, 2.24) is 19.4 Å². The van der Waals surface area contributed by atoms with Gasteiger partial charge in [0.05, 0.1) is 35.7 Å². The van der Waals surface area contributed by atoms with E-state index in [9.17, 15) is 9.18 Å². The van der Waals surface area contributed by atoms with Crippen molar-refractivity contribution in [2.45, 2.75) is 58.8 Å². The minimum Gasteiger partial charge on any atom is -0.489 e. The normalized spacial score (nSPS) is 12.0. The quantitative estimate of drug-likeness (QED) is 0.133. The Kier molecular flexibility index (Phi) is 9.68. The topological polar surface area (TPSA) is 78.7 Å². The number of carbonyl (C=O) groups excluding carboxylic acids is 1. The molecule has 0 unspecified atom stereocenters. The van der Waals surface area contributed by atoms with E-state index in [0.29, 0.717) is 29.9 Å². The Labute approximate surface area is 248 Å². The Bertz CT molecular complexity index is 1510. The molecule has 0 atom stereocenters. The highest BCUT2D eigenvalue weighted by molar-refractivity contribution is 6.76. The van der Waals surface area contributed by atoms with Gasteiger partial charge >= 0.3 is 6.09 Å². The van der Waals surface area contributed by atoms with Crippen LogP contribution in [0.2, 0.25) is 25.7 Å². The Morgan fingerprint density at radius 3 is 2.50 bits per heavy atom. The van der Waals surface area contributed by atoms with Crippen molar-refractivity contribution in [3.8, 4) is 28.1 Å². The zero-order valence-corrected chi connectivity index (χ0v) is 26.6. The first-order valence-corrected chi connectivity index (χ1v) is 17.9. The number of fused-ring (bicyclic) bond motifs is 1. The minimum atomic E-state index is -1.31. The zero-order valence-electron chi connectivity index (χ0n) is 25.6. The molecule has 0 aliphatic rings. The number of aromatic nitrogens is 3. The number of carbonyl (C=O) groups is 1. The molecule has 0 aliphatic carbocycles. The molecule has 0 aliphatic heterocycles. The molecule has 0 fully saturated rings. The smallest absolute Gasteiger partial charge is 0.410 e. The van der Waals surface area contributed by atoms with Crippen LogP contribution >= 0.6 is 0 Å². The molecule has 4 aromatic rings. The van der Waals surface area contributed by atoms with Gasteiger partial charge in [-0.15, -0.1) is 0 Å². The highest BCUT2D eigenvalue weighted by Crippen LogP contribution is 2.43. The summed E-state index contributed by atoms with van der Waals surface area (Å²) in [5.41, 5.74) is 4.04. The molecule has 8 nitrogen and oxygen atoms in total. The second-order valence-corrected chi connectivity index (χ2v) is 18.1. The number of benzene rings is 1. The molecule has 0 bridgehead atoms. The molecule has 0 N–H and O–H groups in total. The first kappa shape index (κ1) is 31.2. The lowest BCUT2D eigenvalue weighted by Gasteiger charge is -2.24. The summed E-state index contributed by atoms with van der Waals surface area (Å²) in [5.74, 6) is 0.102. The SMILES string of the molecule is CN(CCOc1cnccc1-c1c(-c2ccccc2)c2ncc(F)cc2n1COCC[Si](C)(C)C)C(=O)OC(C)(C)C. The third kappa shape index (κ3) is 7.95. The molecule has 4 rings (SSSR count). The average Bonchev–Trinajstić information content (AvgIpc) is 3.23. The highest BCUT2D eigenvalue weighted by atomic mass is 28.3. The van der Waals surface area contributed by atoms with Crippen LogP contribution in [0.4, 0.5) is 9.18 Å². The molecule has 42 heavy (non-hydrogen) atoms. The van der Waals surface area contributed by atoms with Crippen molar-refractivity contribution < 1.29 is 23.4 Å². The second kappa shape index (κ2) is 13.0. The van der Waals surface area contributed by atoms with E-state index in [1.807, 2.05) is 61.7 Å². The van der Waals surface area contributed by atoms with Gasteiger partial charge in [0.15, 0.2) is 0 Å². The summed E-state index contributed by atoms with van der Waals surface area (Å²) in [5, 5.41) is 0. The zero-order chi connectivity index (χ0) is 30.5.